The van der Waals surface area contributed by atoms with Crippen LogP contribution in [0.1, 0.15) is 38.0 Å². The van der Waals surface area contributed by atoms with E-state index in [-0.39, 0.29) is 0 Å². The molecule has 0 amide bonds. The van der Waals surface area contributed by atoms with Crippen LogP contribution < -0.4 is 10.6 Å². The molecule has 5 heteroatoms. The van der Waals surface area contributed by atoms with Gasteiger partial charge in [0.15, 0.2) is 0 Å². The van der Waals surface area contributed by atoms with Crippen LogP contribution >= 0.6 is 11.3 Å². The number of nitrogens with one attached hydrogen (secondary N) is 2. The standard InChI is InChI=1S/C15H22N4S/c1-4-6-10-8-12(10)17-13-11-7-9(3)20-14(11)19-15(18-13)16-5-2/h7,10,12H,4-6,8H2,1-3H3,(H2,16,17,18,19). The van der Waals surface area contributed by atoms with Gasteiger partial charge >= 0.3 is 0 Å². The molecule has 1 fully saturated rings. The van der Waals surface area contributed by atoms with Crippen molar-refractivity contribution in [1.29, 1.82) is 0 Å². The van der Waals surface area contributed by atoms with E-state index in [1.165, 1.54) is 24.1 Å². The van der Waals surface area contributed by atoms with E-state index in [0.29, 0.717) is 6.04 Å². The predicted octanol–water partition coefficient (Wildman–Crippen LogP) is 4.03. The molecular weight excluding hydrogens is 268 g/mol. The first kappa shape index (κ1) is 13.6. The number of anilines is 2. The summed E-state index contributed by atoms with van der Waals surface area (Å²) in [7, 11) is 0. The molecule has 0 aromatic carbocycles. The second kappa shape index (κ2) is 5.56. The lowest BCUT2D eigenvalue weighted by Crippen LogP contribution is -2.09. The van der Waals surface area contributed by atoms with Gasteiger partial charge in [0.05, 0.1) is 5.39 Å². The molecule has 108 valence electrons. The average Bonchev–Trinajstić information content (AvgIpc) is 3.00. The summed E-state index contributed by atoms with van der Waals surface area (Å²) in [4.78, 5) is 11.6. The summed E-state index contributed by atoms with van der Waals surface area (Å²) >= 11 is 1.73. The minimum atomic E-state index is 0.600. The van der Waals surface area contributed by atoms with Crippen LogP contribution in [0.15, 0.2) is 6.07 Å². The summed E-state index contributed by atoms with van der Waals surface area (Å²) in [5.74, 6) is 2.56. The second-order valence-corrected chi connectivity index (χ2v) is 6.77. The van der Waals surface area contributed by atoms with Crippen LogP contribution in [0.5, 0.6) is 0 Å². The van der Waals surface area contributed by atoms with Crippen LogP contribution in [0.25, 0.3) is 10.2 Å². The highest BCUT2D eigenvalue weighted by atomic mass is 32.1. The lowest BCUT2D eigenvalue weighted by molar-refractivity contribution is 0.692. The van der Waals surface area contributed by atoms with Crippen LogP contribution in [0.2, 0.25) is 0 Å². The van der Waals surface area contributed by atoms with Crippen molar-refractivity contribution in [1.82, 2.24) is 9.97 Å². The summed E-state index contributed by atoms with van der Waals surface area (Å²) in [5.41, 5.74) is 0. The molecule has 20 heavy (non-hydrogen) atoms. The minimum Gasteiger partial charge on any atom is -0.366 e. The summed E-state index contributed by atoms with van der Waals surface area (Å²) < 4.78 is 0. The third-order valence-corrected chi connectivity index (χ3v) is 4.70. The van der Waals surface area contributed by atoms with Crippen LogP contribution in [-0.2, 0) is 0 Å². The number of rotatable bonds is 6. The summed E-state index contributed by atoms with van der Waals surface area (Å²) in [6.07, 6.45) is 3.86. The maximum Gasteiger partial charge on any atom is 0.226 e. The first-order valence-electron chi connectivity index (χ1n) is 7.49. The van der Waals surface area contributed by atoms with Crippen LogP contribution in [-0.4, -0.2) is 22.6 Å². The molecule has 0 aliphatic heterocycles. The van der Waals surface area contributed by atoms with Gasteiger partial charge in [-0.1, -0.05) is 13.3 Å². The van der Waals surface area contributed by atoms with Gasteiger partial charge in [-0.15, -0.1) is 11.3 Å². The van der Waals surface area contributed by atoms with Crippen molar-refractivity contribution in [2.24, 2.45) is 5.92 Å². The predicted molar refractivity (Wildman–Crippen MR) is 86.7 cm³/mol. The van der Waals surface area contributed by atoms with Crippen molar-refractivity contribution in [2.45, 2.75) is 46.1 Å². The zero-order valence-corrected chi connectivity index (χ0v) is 13.2. The van der Waals surface area contributed by atoms with Crippen molar-refractivity contribution < 1.29 is 0 Å². The quantitative estimate of drug-likeness (QED) is 0.843. The SMILES string of the molecule is CCCC1CC1Nc1nc(NCC)nc2sc(C)cc12. The van der Waals surface area contributed by atoms with Crippen molar-refractivity contribution in [2.75, 3.05) is 17.2 Å². The van der Waals surface area contributed by atoms with Gasteiger partial charge in [-0.05, 0) is 38.7 Å². The lowest BCUT2D eigenvalue weighted by atomic mass is 10.2. The highest BCUT2D eigenvalue weighted by Gasteiger charge is 2.36. The monoisotopic (exact) mass is 290 g/mol. The Hall–Kier alpha value is -1.36. The van der Waals surface area contributed by atoms with Crippen LogP contribution in [0, 0.1) is 12.8 Å². The molecule has 4 nitrogen and oxygen atoms in total. The number of aromatic nitrogens is 2. The smallest absolute Gasteiger partial charge is 0.226 e. The maximum atomic E-state index is 4.65. The van der Waals surface area contributed by atoms with E-state index in [4.69, 9.17) is 0 Å². The Kier molecular flexibility index (Phi) is 3.78. The molecule has 3 rings (SSSR count). The third kappa shape index (κ3) is 2.73. The Balaban J connectivity index is 1.87. The third-order valence-electron chi connectivity index (χ3n) is 3.76. The first-order chi connectivity index (χ1) is 9.71. The Morgan fingerprint density at radius 3 is 2.95 bits per heavy atom. The Morgan fingerprint density at radius 2 is 2.20 bits per heavy atom. The van der Waals surface area contributed by atoms with E-state index in [9.17, 15) is 0 Å². The summed E-state index contributed by atoms with van der Waals surface area (Å²) in [6.45, 7) is 7.29. The molecule has 2 unspecified atom stereocenters. The van der Waals surface area contributed by atoms with E-state index >= 15 is 0 Å². The summed E-state index contributed by atoms with van der Waals surface area (Å²) in [5, 5.41) is 8.01. The van der Waals surface area contributed by atoms with E-state index in [1.54, 1.807) is 11.3 Å². The highest BCUT2D eigenvalue weighted by Crippen LogP contribution is 2.39. The molecule has 0 spiro atoms. The van der Waals surface area contributed by atoms with Gasteiger partial charge in [-0.2, -0.15) is 4.98 Å². The van der Waals surface area contributed by atoms with E-state index in [2.05, 4.69) is 47.4 Å². The zero-order chi connectivity index (χ0) is 14.1. The zero-order valence-electron chi connectivity index (χ0n) is 12.4. The number of aryl methyl sites for hydroxylation is 1. The molecule has 2 atom stereocenters. The number of nitrogens with zero attached hydrogens (tertiary/aromatic N) is 2. The number of hydrogen-bond donors (Lipinski definition) is 2. The molecule has 2 aromatic heterocycles. The van der Waals surface area contributed by atoms with Crippen molar-refractivity contribution in [3.05, 3.63) is 10.9 Å². The van der Waals surface area contributed by atoms with Gasteiger partial charge in [0.1, 0.15) is 10.6 Å². The van der Waals surface area contributed by atoms with E-state index in [1.807, 2.05) is 0 Å². The van der Waals surface area contributed by atoms with Gasteiger partial charge in [0.25, 0.3) is 0 Å². The molecule has 1 saturated carbocycles. The van der Waals surface area contributed by atoms with Crippen LogP contribution in [0.3, 0.4) is 0 Å². The molecule has 1 aliphatic carbocycles. The van der Waals surface area contributed by atoms with Crippen molar-refractivity contribution >= 4 is 33.3 Å². The molecule has 0 saturated heterocycles. The fraction of sp³-hybridized carbons (Fsp3) is 0.600. The molecular formula is C15H22N4S. The van der Waals surface area contributed by atoms with Crippen molar-refractivity contribution in [3.63, 3.8) is 0 Å². The molecule has 2 aromatic rings. The molecule has 2 heterocycles. The maximum absolute atomic E-state index is 4.65. The topological polar surface area (TPSA) is 49.8 Å². The first-order valence-corrected chi connectivity index (χ1v) is 8.31. The van der Waals surface area contributed by atoms with Crippen molar-refractivity contribution in [3.8, 4) is 0 Å². The lowest BCUT2D eigenvalue weighted by Gasteiger charge is -2.09. The molecule has 0 bridgehead atoms. The number of thiophene rings is 1. The molecule has 2 N–H and O–H groups in total. The molecule has 1 aliphatic rings. The van der Waals surface area contributed by atoms with Gasteiger partial charge in [-0.25, -0.2) is 4.98 Å². The Morgan fingerprint density at radius 1 is 1.35 bits per heavy atom. The largest absolute Gasteiger partial charge is 0.366 e. The normalized spacial score (nSPS) is 21.1. The van der Waals surface area contributed by atoms with Crippen LogP contribution in [0.4, 0.5) is 11.8 Å². The fourth-order valence-corrected chi connectivity index (χ4v) is 3.56. The summed E-state index contributed by atoms with van der Waals surface area (Å²) in [6, 6.07) is 2.79. The molecule has 0 radical (unpaired) electrons. The number of fused-ring (bicyclic) bond motifs is 1. The van der Waals surface area contributed by atoms with Gasteiger partial charge in [0, 0.05) is 17.5 Å². The van der Waals surface area contributed by atoms with Gasteiger partial charge in [-0.3, -0.25) is 0 Å². The Bertz CT molecular complexity index is 607. The average molecular weight is 290 g/mol. The van der Waals surface area contributed by atoms with Gasteiger partial charge in [0.2, 0.25) is 5.95 Å². The van der Waals surface area contributed by atoms with Gasteiger partial charge < -0.3 is 10.6 Å². The Labute approximate surface area is 124 Å². The number of hydrogen-bond acceptors (Lipinski definition) is 5. The fourth-order valence-electron chi connectivity index (χ4n) is 2.68. The van der Waals surface area contributed by atoms with E-state index < -0.39 is 0 Å². The highest BCUT2D eigenvalue weighted by molar-refractivity contribution is 7.18. The van der Waals surface area contributed by atoms with E-state index in [0.717, 1.165) is 34.4 Å². The second-order valence-electron chi connectivity index (χ2n) is 5.54. The minimum absolute atomic E-state index is 0.600.